The van der Waals surface area contributed by atoms with Gasteiger partial charge in [-0.25, -0.2) is 0 Å². The average molecular weight is 302 g/mol. The number of rotatable bonds is 5. The summed E-state index contributed by atoms with van der Waals surface area (Å²) in [7, 11) is 1.72. The second-order valence-corrected chi connectivity index (χ2v) is 5.68. The van der Waals surface area contributed by atoms with Gasteiger partial charge in [0.25, 0.3) is 0 Å². The highest BCUT2D eigenvalue weighted by molar-refractivity contribution is 5.83. The van der Waals surface area contributed by atoms with Gasteiger partial charge in [0, 0.05) is 45.2 Å². The highest BCUT2D eigenvalue weighted by Crippen LogP contribution is 2.14. The van der Waals surface area contributed by atoms with Crippen molar-refractivity contribution in [3.8, 4) is 0 Å². The molecule has 1 saturated heterocycles. The number of hydrogen-bond acceptors (Lipinski definition) is 4. The number of methoxy groups -OCH3 is 1. The monoisotopic (exact) mass is 302 g/mol. The van der Waals surface area contributed by atoms with E-state index < -0.39 is 0 Å². The van der Waals surface area contributed by atoms with Crippen LogP contribution in [0.15, 0.2) is 24.4 Å². The second-order valence-electron chi connectivity index (χ2n) is 5.68. The lowest BCUT2D eigenvalue weighted by molar-refractivity contribution is -0.132. The van der Waals surface area contributed by atoms with Gasteiger partial charge in [-0.1, -0.05) is 6.07 Å². The summed E-state index contributed by atoms with van der Waals surface area (Å²) in [6, 6.07) is 6.01. The van der Waals surface area contributed by atoms with Crippen molar-refractivity contribution in [3.63, 3.8) is 0 Å². The molecule has 1 aromatic carbocycles. The third kappa shape index (κ3) is 3.45. The number of carbonyl (C=O) groups excluding carboxylic acids is 1. The largest absolute Gasteiger partial charge is 0.383 e. The van der Waals surface area contributed by atoms with Crippen molar-refractivity contribution in [2.75, 3.05) is 46.4 Å². The number of H-pyrrole nitrogens is 1. The zero-order valence-electron chi connectivity index (χ0n) is 12.9. The van der Waals surface area contributed by atoms with Crippen LogP contribution in [0.1, 0.15) is 5.56 Å². The minimum absolute atomic E-state index is 0.203. The summed E-state index contributed by atoms with van der Waals surface area (Å²) in [5.74, 6) is 0.203. The molecular formula is C16H22N4O2. The molecule has 2 heterocycles. The number of aromatic amines is 1. The third-order valence-electron chi connectivity index (χ3n) is 4.20. The predicted octanol–water partition coefficient (Wildman–Crippen LogP) is 0.896. The first kappa shape index (κ1) is 15.0. The van der Waals surface area contributed by atoms with Crippen molar-refractivity contribution in [1.82, 2.24) is 20.0 Å². The van der Waals surface area contributed by atoms with Crippen LogP contribution in [0.2, 0.25) is 0 Å². The Labute approximate surface area is 130 Å². The molecule has 0 bridgehead atoms. The van der Waals surface area contributed by atoms with Gasteiger partial charge >= 0.3 is 0 Å². The number of piperazine rings is 1. The maximum atomic E-state index is 12.4. The number of aromatic nitrogens is 2. The summed E-state index contributed by atoms with van der Waals surface area (Å²) in [4.78, 5) is 16.7. The molecule has 1 fully saturated rings. The van der Waals surface area contributed by atoms with Gasteiger partial charge < -0.3 is 9.64 Å². The van der Waals surface area contributed by atoms with E-state index in [-0.39, 0.29) is 5.91 Å². The maximum Gasteiger partial charge on any atom is 0.227 e. The Balaban J connectivity index is 1.54. The summed E-state index contributed by atoms with van der Waals surface area (Å²) in [6.07, 6.45) is 2.25. The molecule has 3 rings (SSSR count). The smallest absolute Gasteiger partial charge is 0.227 e. The third-order valence-corrected chi connectivity index (χ3v) is 4.20. The molecule has 0 saturated carbocycles. The van der Waals surface area contributed by atoms with Gasteiger partial charge in [-0.05, 0) is 17.7 Å². The lowest BCUT2D eigenvalue weighted by Crippen LogP contribution is -2.49. The molecule has 1 amide bonds. The quantitative estimate of drug-likeness (QED) is 0.891. The van der Waals surface area contributed by atoms with Crippen LogP contribution in [-0.4, -0.2) is 72.3 Å². The van der Waals surface area contributed by atoms with Crippen molar-refractivity contribution < 1.29 is 9.53 Å². The number of nitrogens with one attached hydrogen (secondary N) is 1. The van der Waals surface area contributed by atoms with Crippen LogP contribution in [-0.2, 0) is 16.0 Å². The number of fused-ring (bicyclic) bond motifs is 1. The Morgan fingerprint density at radius 2 is 2.14 bits per heavy atom. The van der Waals surface area contributed by atoms with E-state index in [4.69, 9.17) is 4.74 Å². The number of hydrogen-bond donors (Lipinski definition) is 1. The highest BCUT2D eigenvalue weighted by atomic mass is 16.5. The second kappa shape index (κ2) is 6.89. The van der Waals surface area contributed by atoms with Gasteiger partial charge in [0.1, 0.15) is 0 Å². The lowest BCUT2D eigenvalue weighted by atomic mass is 10.1. The van der Waals surface area contributed by atoms with Gasteiger partial charge in [-0.2, -0.15) is 5.10 Å². The molecule has 1 aliphatic heterocycles. The van der Waals surface area contributed by atoms with Crippen LogP contribution in [0.3, 0.4) is 0 Å². The minimum atomic E-state index is 0.203. The fraction of sp³-hybridized carbons (Fsp3) is 0.500. The molecule has 0 radical (unpaired) electrons. The molecule has 0 aliphatic carbocycles. The number of nitrogens with zero attached hydrogens (tertiary/aromatic N) is 3. The molecule has 0 atom stereocenters. The van der Waals surface area contributed by atoms with E-state index in [1.165, 1.54) is 0 Å². The summed E-state index contributed by atoms with van der Waals surface area (Å²) in [6.45, 7) is 5.15. The van der Waals surface area contributed by atoms with E-state index in [9.17, 15) is 4.79 Å². The van der Waals surface area contributed by atoms with Crippen LogP contribution in [0, 0.1) is 0 Å². The van der Waals surface area contributed by atoms with Crippen LogP contribution in [0.4, 0.5) is 0 Å². The van der Waals surface area contributed by atoms with Crippen LogP contribution in [0.5, 0.6) is 0 Å². The Morgan fingerprint density at radius 1 is 1.32 bits per heavy atom. The standard InChI is InChI=1S/C16H22N4O2/c1-22-9-8-19-4-6-20(7-5-19)16(21)11-13-2-3-15-14(10-13)12-17-18-15/h2-3,10,12H,4-9,11H2,1H3,(H,17,18). The summed E-state index contributed by atoms with van der Waals surface area (Å²) in [5, 5.41) is 7.98. The molecular weight excluding hydrogens is 280 g/mol. The van der Waals surface area contributed by atoms with Crippen molar-refractivity contribution in [3.05, 3.63) is 30.0 Å². The molecule has 118 valence electrons. The summed E-state index contributed by atoms with van der Waals surface area (Å²) < 4.78 is 5.10. The van der Waals surface area contributed by atoms with E-state index in [0.717, 1.165) is 55.8 Å². The van der Waals surface area contributed by atoms with Crippen LogP contribution >= 0.6 is 0 Å². The lowest BCUT2D eigenvalue weighted by Gasteiger charge is -2.34. The van der Waals surface area contributed by atoms with Gasteiger partial charge in [-0.3, -0.25) is 14.8 Å². The Bertz CT molecular complexity index is 632. The number of benzene rings is 1. The molecule has 1 N–H and O–H groups in total. The first-order valence-corrected chi connectivity index (χ1v) is 7.67. The normalized spacial score (nSPS) is 16.3. The van der Waals surface area contributed by atoms with Gasteiger partial charge in [-0.15, -0.1) is 0 Å². The van der Waals surface area contributed by atoms with Gasteiger partial charge in [0.15, 0.2) is 0 Å². The predicted molar refractivity (Wildman–Crippen MR) is 84.7 cm³/mol. The number of ether oxygens (including phenoxy) is 1. The molecule has 22 heavy (non-hydrogen) atoms. The molecule has 1 aromatic heterocycles. The van der Waals surface area contributed by atoms with E-state index >= 15 is 0 Å². The van der Waals surface area contributed by atoms with Crippen molar-refractivity contribution in [2.45, 2.75) is 6.42 Å². The molecule has 0 unspecified atom stereocenters. The molecule has 6 nitrogen and oxygen atoms in total. The molecule has 1 aliphatic rings. The zero-order chi connectivity index (χ0) is 15.4. The number of carbonyl (C=O) groups is 1. The average Bonchev–Trinajstić information content (AvgIpc) is 3.01. The molecule has 2 aromatic rings. The first-order valence-electron chi connectivity index (χ1n) is 7.67. The SMILES string of the molecule is COCCN1CCN(C(=O)Cc2ccc3[nH]ncc3c2)CC1. The van der Waals surface area contributed by atoms with Gasteiger partial charge in [0.2, 0.25) is 5.91 Å². The number of amides is 1. The van der Waals surface area contributed by atoms with Crippen molar-refractivity contribution >= 4 is 16.8 Å². The first-order chi connectivity index (χ1) is 10.8. The van der Waals surface area contributed by atoms with Crippen molar-refractivity contribution in [1.29, 1.82) is 0 Å². The fourth-order valence-electron chi connectivity index (χ4n) is 2.83. The Morgan fingerprint density at radius 3 is 2.91 bits per heavy atom. The Hall–Kier alpha value is -1.92. The van der Waals surface area contributed by atoms with Crippen LogP contribution in [0.25, 0.3) is 10.9 Å². The van der Waals surface area contributed by atoms with E-state index in [1.807, 2.05) is 23.1 Å². The van der Waals surface area contributed by atoms with E-state index in [2.05, 4.69) is 15.1 Å². The zero-order valence-corrected chi connectivity index (χ0v) is 12.9. The highest BCUT2D eigenvalue weighted by Gasteiger charge is 2.20. The summed E-state index contributed by atoms with van der Waals surface area (Å²) >= 11 is 0. The van der Waals surface area contributed by atoms with E-state index in [1.54, 1.807) is 13.3 Å². The summed E-state index contributed by atoms with van der Waals surface area (Å²) in [5.41, 5.74) is 2.05. The maximum absolute atomic E-state index is 12.4. The van der Waals surface area contributed by atoms with Gasteiger partial charge in [0.05, 0.1) is 24.7 Å². The van der Waals surface area contributed by atoms with E-state index in [0.29, 0.717) is 6.42 Å². The topological polar surface area (TPSA) is 61.5 Å². The van der Waals surface area contributed by atoms with Crippen LogP contribution < -0.4 is 0 Å². The molecule has 6 heteroatoms. The Kier molecular flexibility index (Phi) is 4.70. The molecule has 0 spiro atoms. The fourth-order valence-corrected chi connectivity index (χ4v) is 2.83. The van der Waals surface area contributed by atoms with Crippen molar-refractivity contribution in [2.24, 2.45) is 0 Å². The minimum Gasteiger partial charge on any atom is -0.383 e.